The highest BCUT2D eigenvalue weighted by atomic mass is 32.2. The summed E-state index contributed by atoms with van der Waals surface area (Å²) in [5.41, 5.74) is 0.00576. The first-order valence-electron chi connectivity index (χ1n) is 7.14. The van der Waals surface area contributed by atoms with E-state index >= 15 is 0 Å². The van der Waals surface area contributed by atoms with Gasteiger partial charge in [-0.1, -0.05) is 42.2 Å². The maximum absolute atomic E-state index is 13.4. The molecule has 0 aliphatic rings. The van der Waals surface area contributed by atoms with Gasteiger partial charge in [-0.2, -0.15) is 0 Å². The van der Waals surface area contributed by atoms with Gasteiger partial charge in [-0.25, -0.2) is 9.18 Å². The average Bonchev–Trinajstić information content (AvgIpc) is 3.01. The summed E-state index contributed by atoms with van der Waals surface area (Å²) in [6.07, 6.45) is 0.974. The van der Waals surface area contributed by atoms with E-state index in [2.05, 4.69) is 26.1 Å². The van der Waals surface area contributed by atoms with Crippen molar-refractivity contribution in [2.75, 3.05) is 22.9 Å². The van der Waals surface area contributed by atoms with Crippen LogP contribution in [0.5, 0.6) is 0 Å². The zero-order valence-electron chi connectivity index (χ0n) is 12.8. The van der Waals surface area contributed by atoms with Crippen LogP contribution in [0.3, 0.4) is 0 Å². The number of urea groups is 1. The number of hydrogen-bond donors (Lipinski definition) is 3. The molecule has 0 unspecified atom stereocenters. The number of thioether (sulfide) groups is 1. The van der Waals surface area contributed by atoms with Gasteiger partial charge in [-0.15, -0.1) is 10.2 Å². The van der Waals surface area contributed by atoms with Crippen LogP contribution in [0.4, 0.5) is 20.0 Å². The van der Waals surface area contributed by atoms with Crippen molar-refractivity contribution < 1.29 is 14.0 Å². The van der Waals surface area contributed by atoms with E-state index in [-0.39, 0.29) is 11.4 Å². The summed E-state index contributed by atoms with van der Waals surface area (Å²) in [6, 6.07) is 4.92. The van der Waals surface area contributed by atoms with Gasteiger partial charge >= 0.3 is 6.03 Å². The van der Waals surface area contributed by atoms with E-state index in [1.165, 1.54) is 41.3 Å². The van der Waals surface area contributed by atoms with Crippen molar-refractivity contribution in [3.05, 3.63) is 30.1 Å². The minimum atomic E-state index is -0.784. The molecule has 0 saturated carbocycles. The quantitative estimate of drug-likeness (QED) is 0.650. The third-order valence-electron chi connectivity index (χ3n) is 2.63. The number of rotatable bonds is 7. The number of carbonyl (C=O) groups excluding carboxylic acids is 2. The number of anilines is 2. The Kier molecular flexibility index (Phi) is 6.94. The number of para-hydroxylation sites is 1. The van der Waals surface area contributed by atoms with Gasteiger partial charge in [0.15, 0.2) is 4.34 Å². The number of amides is 3. The lowest BCUT2D eigenvalue weighted by molar-refractivity contribution is -0.117. The second kappa shape index (κ2) is 9.18. The van der Waals surface area contributed by atoms with Crippen molar-refractivity contribution in [2.45, 2.75) is 17.7 Å². The largest absolute Gasteiger partial charge is 0.360 e. The molecule has 3 amide bonds. The van der Waals surface area contributed by atoms with Crippen molar-refractivity contribution in [1.82, 2.24) is 15.5 Å². The summed E-state index contributed by atoms with van der Waals surface area (Å²) in [5, 5.41) is 16.1. The molecule has 0 radical (unpaired) electrons. The van der Waals surface area contributed by atoms with Crippen LogP contribution in [0, 0.1) is 5.82 Å². The third kappa shape index (κ3) is 5.78. The summed E-state index contributed by atoms with van der Waals surface area (Å²) in [5.74, 6) is -1.07. The molecule has 0 spiro atoms. The van der Waals surface area contributed by atoms with Crippen LogP contribution in [0.15, 0.2) is 28.6 Å². The molecule has 1 aromatic carbocycles. The molecule has 0 aliphatic carbocycles. The van der Waals surface area contributed by atoms with E-state index in [0.717, 1.165) is 13.0 Å². The molecule has 0 aliphatic heterocycles. The first-order valence-corrected chi connectivity index (χ1v) is 8.94. The summed E-state index contributed by atoms with van der Waals surface area (Å²) >= 11 is 2.51. The molecule has 1 aromatic heterocycles. The number of nitrogens with zero attached hydrogens (tertiary/aromatic N) is 2. The Bertz CT molecular complexity index is 710. The highest BCUT2D eigenvalue weighted by Crippen LogP contribution is 2.25. The van der Waals surface area contributed by atoms with Crippen molar-refractivity contribution in [3.63, 3.8) is 0 Å². The molecule has 0 atom stereocenters. The van der Waals surface area contributed by atoms with Crippen LogP contribution in [0.2, 0.25) is 0 Å². The van der Waals surface area contributed by atoms with E-state index < -0.39 is 17.8 Å². The fraction of sp³-hybridized carbons (Fsp3) is 0.286. The highest BCUT2D eigenvalue weighted by Gasteiger charge is 2.12. The Morgan fingerprint density at radius 2 is 2.08 bits per heavy atom. The van der Waals surface area contributed by atoms with E-state index in [9.17, 15) is 14.0 Å². The predicted molar refractivity (Wildman–Crippen MR) is 93.0 cm³/mol. The molecular weight excluding hydrogens is 353 g/mol. The minimum absolute atomic E-state index is 0.00576. The number of nitrogens with one attached hydrogen (secondary N) is 3. The number of halogens is 1. The van der Waals surface area contributed by atoms with Crippen LogP contribution in [0.1, 0.15) is 13.3 Å². The zero-order chi connectivity index (χ0) is 17.4. The van der Waals surface area contributed by atoms with E-state index in [4.69, 9.17) is 0 Å². The predicted octanol–water partition coefficient (Wildman–Crippen LogP) is 2.94. The molecule has 1 heterocycles. The first kappa shape index (κ1) is 18.1. The third-order valence-corrected chi connectivity index (χ3v) is 4.65. The highest BCUT2D eigenvalue weighted by molar-refractivity contribution is 8.01. The van der Waals surface area contributed by atoms with Crippen LogP contribution >= 0.6 is 23.1 Å². The maximum atomic E-state index is 13.4. The number of imide groups is 1. The van der Waals surface area contributed by atoms with Gasteiger partial charge in [0, 0.05) is 6.54 Å². The van der Waals surface area contributed by atoms with Crippen LogP contribution in [0.25, 0.3) is 0 Å². The average molecular weight is 369 g/mol. The second-order valence-electron chi connectivity index (χ2n) is 4.57. The van der Waals surface area contributed by atoms with Crippen LogP contribution < -0.4 is 16.0 Å². The molecule has 2 aromatic rings. The Labute approximate surface area is 146 Å². The molecule has 3 N–H and O–H groups in total. The first-order chi connectivity index (χ1) is 11.6. The zero-order valence-corrected chi connectivity index (χ0v) is 14.5. The number of hydrogen-bond acceptors (Lipinski definition) is 7. The smallest absolute Gasteiger partial charge is 0.325 e. The lowest BCUT2D eigenvalue weighted by Crippen LogP contribution is -2.35. The minimum Gasteiger partial charge on any atom is -0.360 e. The SMILES string of the molecule is CCCNc1nnc(SCC(=O)NC(=O)Nc2ccccc2F)s1. The number of carbonyl (C=O) groups is 2. The summed E-state index contributed by atoms with van der Waals surface area (Å²) in [7, 11) is 0. The fourth-order valence-electron chi connectivity index (χ4n) is 1.58. The molecule has 24 heavy (non-hydrogen) atoms. The molecule has 128 valence electrons. The van der Waals surface area contributed by atoms with Gasteiger partial charge in [0.25, 0.3) is 0 Å². The molecule has 2 rings (SSSR count). The molecular formula is C14H16FN5O2S2. The van der Waals surface area contributed by atoms with Crippen LogP contribution in [-0.4, -0.2) is 34.4 Å². The van der Waals surface area contributed by atoms with Crippen molar-refractivity contribution in [2.24, 2.45) is 0 Å². The van der Waals surface area contributed by atoms with Crippen LogP contribution in [-0.2, 0) is 4.79 Å². The van der Waals surface area contributed by atoms with Gasteiger partial charge in [0.2, 0.25) is 11.0 Å². The normalized spacial score (nSPS) is 10.2. The van der Waals surface area contributed by atoms with Gasteiger partial charge in [0.1, 0.15) is 5.82 Å². The summed E-state index contributed by atoms with van der Waals surface area (Å²) in [4.78, 5) is 23.4. The Morgan fingerprint density at radius 3 is 2.83 bits per heavy atom. The van der Waals surface area contributed by atoms with Crippen molar-refractivity contribution in [1.29, 1.82) is 0 Å². The molecule has 0 fully saturated rings. The molecule has 0 bridgehead atoms. The topological polar surface area (TPSA) is 96.0 Å². The van der Waals surface area contributed by atoms with Crippen molar-refractivity contribution >= 4 is 45.9 Å². The monoisotopic (exact) mass is 369 g/mol. The lowest BCUT2D eigenvalue weighted by Gasteiger charge is -2.06. The van der Waals surface area contributed by atoms with Crippen molar-refractivity contribution in [3.8, 4) is 0 Å². The lowest BCUT2D eigenvalue weighted by atomic mass is 10.3. The Balaban J connectivity index is 1.75. The number of benzene rings is 1. The fourth-order valence-corrected chi connectivity index (χ4v) is 3.16. The van der Waals surface area contributed by atoms with Gasteiger partial charge in [0.05, 0.1) is 11.4 Å². The molecule has 7 nitrogen and oxygen atoms in total. The summed E-state index contributed by atoms with van der Waals surface area (Å²) in [6.45, 7) is 2.84. The summed E-state index contributed by atoms with van der Waals surface area (Å²) < 4.78 is 14.0. The van der Waals surface area contributed by atoms with Gasteiger partial charge < -0.3 is 10.6 Å². The molecule has 0 saturated heterocycles. The maximum Gasteiger partial charge on any atom is 0.325 e. The second-order valence-corrected chi connectivity index (χ2v) is 6.77. The van der Waals surface area contributed by atoms with E-state index in [1.54, 1.807) is 6.07 Å². The van der Waals surface area contributed by atoms with E-state index in [0.29, 0.717) is 9.47 Å². The Hall–Kier alpha value is -2.20. The van der Waals surface area contributed by atoms with Gasteiger partial charge in [-0.3, -0.25) is 10.1 Å². The molecule has 10 heteroatoms. The Morgan fingerprint density at radius 1 is 1.29 bits per heavy atom. The van der Waals surface area contributed by atoms with Gasteiger partial charge in [-0.05, 0) is 18.6 Å². The standard InChI is InChI=1S/C14H16FN5O2S2/c1-2-7-16-13-19-20-14(24-13)23-8-11(21)18-12(22)17-10-6-4-3-5-9(10)15/h3-6H,2,7-8H2,1H3,(H,16,19)(H2,17,18,21,22). The van der Waals surface area contributed by atoms with E-state index in [1.807, 2.05) is 6.92 Å². The number of aromatic nitrogens is 2.